The van der Waals surface area contributed by atoms with Gasteiger partial charge in [-0.2, -0.15) is 0 Å². The van der Waals surface area contributed by atoms with Gasteiger partial charge in [-0.1, -0.05) is 0 Å². The molecular formula is C10H13BrN2. The summed E-state index contributed by atoms with van der Waals surface area (Å²) in [5.41, 5.74) is 8.28. The normalized spacial score (nSPS) is 18.7. The van der Waals surface area contributed by atoms with E-state index in [0.717, 1.165) is 10.2 Å². The van der Waals surface area contributed by atoms with Crippen molar-refractivity contribution >= 4 is 15.9 Å². The Morgan fingerprint density at radius 3 is 2.85 bits per heavy atom. The van der Waals surface area contributed by atoms with Gasteiger partial charge in [0.2, 0.25) is 0 Å². The van der Waals surface area contributed by atoms with E-state index < -0.39 is 0 Å². The zero-order valence-corrected chi connectivity index (χ0v) is 9.21. The molecule has 0 saturated heterocycles. The molecule has 13 heavy (non-hydrogen) atoms. The SMILES string of the molecule is Cc1cc([C@H](N)C2CC2)ncc1Br. The minimum atomic E-state index is 0.145. The van der Waals surface area contributed by atoms with Crippen molar-refractivity contribution in [1.29, 1.82) is 0 Å². The van der Waals surface area contributed by atoms with Gasteiger partial charge in [0.25, 0.3) is 0 Å². The molecular weight excluding hydrogens is 228 g/mol. The number of aromatic nitrogens is 1. The van der Waals surface area contributed by atoms with Crippen molar-refractivity contribution in [2.45, 2.75) is 25.8 Å². The van der Waals surface area contributed by atoms with E-state index >= 15 is 0 Å². The lowest BCUT2D eigenvalue weighted by Gasteiger charge is -2.10. The van der Waals surface area contributed by atoms with Crippen molar-refractivity contribution in [3.8, 4) is 0 Å². The van der Waals surface area contributed by atoms with Gasteiger partial charge in [-0.3, -0.25) is 4.98 Å². The second-order valence-electron chi connectivity index (χ2n) is 3.72. The van der Waals surface area contributed by atoms with Gasteiger partial charge in [0.1, 0.15) is 0 Å². The number of hydrogen-bond acceptors (Lipinski definition) is 2. The zero-order chi connectivity index (χ0) is 9.42. The highest BCUT2D eigenvalue weighted by molar-refractivity contribution is 9.10. The highest BCUT2D eigenvalue weighted by Crippen LogP contribution is 2.39. The molecule has 1 heterocycles. The highest BCUT2D eigenvalue weighted by Gasteiger charge is 2.30. The van der Waals surface area contributed by atoms with Crippen molar-refractivity contribution < 1.29 is 0 Å². The minimum Gasteiger partial charge on any atom is -0.322 e. The lowest BCUT2D eigenvalue weighted by molar-refractivity contribution is 0.614. The number of hydrogen-bond donors (Lipinski definition) is 1. The average molecular weight is 241 g/mol. The van der Waals surface area contributed by atoms with Crippen LogP contribution >= 0.6 is 15.9 Å². The maximum Gasteiger partial charge on any atom is 0.0577 e. The molecule has 2 rings (SSSR count). The number of halogens is 1. The van der Waals surface area contributed by atoms with Gasteiger partial charge in [0.05, 0.1) is 5.69 Å². The molecule has 1 aliphatic rings. The first-order chi connectivity index (χ1) is 6.18. The second-order valence-corrected chi connectivity index (χ2v) is 4.58. The van der Waals surface area contributed by atoms with Gasteiger partial charge in [-0.05, 0) is 53.2 Å². The van der Waals surface area contributed by atoms with Crippen LogP contribution in [0.1, 0.15) is 30.1 Å². The Morgan fingerprint density at radius 1 is 1.62 bits per heavy atom. The monoisotopic (exact) mass is 240 g/mol. The van der Waals surface area contributed by atoms with E-state index in [9.17, 15) is 0 Å². The third-order valence-electron chi connectivity index (χ3n) is 2.54. The largest absolute Gasteiger partial charge is 0.322 e. The molecule has 1 aliphatic carbocycles. The molecule has 1 saturated carbocycles. The summed E-state index contributed by atoms with van der Waals surface area (Å²) in [5.74, 6) is 0.674. The quantitative estimate of drug-likeness (QED) is 0.864. The summed E-state index contributed by atoms with van der Waals surface area (Å²) in [4.78, 5) is 4.33. The van der Waals surface area contributed by atoms with Crippen LogP contribution in [0.3, 0.4) is 0 Å². The standard InChI is InChI=1S/C10H13BrN2/c1-6-4-9(13-5-8(6)11)10(12)7-2-3-7/h4-5,7,10H,2-3,12H2,1H3/t10-/m1/s1. The number of nitrogens with two attached hydrogens (primary N) is 1. The first-order valence-corrected chi connectivity index (χ1v) is 5.35. The molecule has 2 N–H and O–H groups in total. The van der Waals surface area contributed by atoms with Crippen LogP contribution in [0.4, 0.5) is 0 Å². The lowest BCUT2D eigenvalue weighted by Crippen LogP contribution is -2.14. The Balaban J connectivity index is 2.24. The summed E-state index contributed by atoms with van der Waals surface area (Å²) in [5, 5.41) is 0. The molecule has 0 aliphatic heterocycles. The molecule has 1 aromatic rings. The summed E-state index contributed by atoms with van der Waals surface area (Å²) < 4.78 is 1.05. The molecule has 70 valence electrons. The maximum atomic E-state index is 6.04. The predicted molar refractivity (Wildman–Crippen MR) is 56.3 cm³/mol. The predicted octanol–water partition coefficient (Wildman–Crippen LogP) is 2.56. The molecule has 0 spiro atoms. The third-order valence-corrected chi connectivity index (χ3v) is 3.37. The first kappa shape index (κ1) is 9.16. The molecule has 1 atom stereocenters. The summed E-state index contributed by atoms with van der Waals surface area (Å²) in [6, 6.07) is 2.22. The fraction of sp³-hybridized carbons (Fsp3) is 0.500. The number of rotatable bonds is 2. The van der Waals surface area contributed by atoms with Crippen LogP contribution in [0.15, 0.2) is 16.7 Å². The van der Waals surface area contributed by atoms with Crippen LogP contribution in [0.2, 0.25) is 0 Å². The smallest absolute Gasteiger partial charge is 0.0577 e. The van der Waals surface area contributed by atoms with Crippen molar-refractivity contribution in [3.05, 3.63) is 28.0 Å². The molecule has 0 unspecified atom stereocenters. The molecule has 1 aromatic heterocycles. The van der Waals surface area contributed by atoms with E-state index in [4.69, 9.17) is 5.73 Å². The van der Waals surface area contributed by atoms with E-state index in [-0.39, 0.29) is 6.04 Å². The van der Waals surface area contributed by atoms with E-state index in [1.165, 1.54) is 18.4 Å². The van der Waals surface area contributed by atoms with Gasteiger partial charge in [0, 0.05) is 16.7 Å². The fourth-order valence-corrected chi connectivity index (χ4v) is 1.66. The number of nitrogens with zero attached hydrogens (tertiary/aromatic N) is 1. The van der Waals surface area contributed by atoms with Crippen molar-refractivity contribution in [2.24, 2.45) is 11.7 Å². The Morgan fingerprint density at radius 2 is 2.31 bits per heavy atom. The van der Waals surface area contributed by atoms with Crippen LogP contribution in [0, 0.1) is 12.8 Å². The summed E-state index contributed by atoms with van der Waals surface area (Å²) in [7, 11) is 0. The Kier molecular flexibility index (Phi) is 2.39. The summed E-state index contributed by atoms with van der Waals surface area (Å²) in [6.07, 6.45) is 4.36. The Bertz CT molecular complexity index is 321. The van der Waals surface area contributed by atoms with Gasteiger partial charge >= 0.3 is 0 Å². The Labute approximate surface area is 86.7 Å². The summed E-state index contributed by atoms with van der Waals surface area (Å²) >= 11 is 3.43. The fourth-order valence-electron chi connectivity index (χ4n) is 1.44. The van der Waals surface area contributed by atoms with Gasteiger partial charge in [-0.15, -0.1) is 0 Å². The van der Waals surface area contributed by atoms with Crippen LogP contribution in [-0.4, -0.2) is 4.98 Å². The lowest BCUT2D eigenvalue weighted by atomic mass is 10.1. The Hall–Kier alpha value is -0.410. The third kappa shape index (κ3) is 1.92. The van der Waals surface area contributed by atoms with Crippen molar-refractivity contribution in [3.63, 3.8) is 0 Å². The summed E-state index contributed by atoms with van der Waals surface area (Å²) in [6.45, 7) is 2.06. The van der Waals surface area contributed by atoms with Crippen molar-refractivity contribution in [2.75, 3.05) is 0 Å². The molecule has 1 fully saturated rings. The van der Waals surface area contributed by atoms with Gasteiger partial charge in [-0.25, -0.2) is 0 Å². The van der Waals surface area contributed by atoms with E-state index in [1.807, 2.05) is 6.20 Å². The topological polar surface area (TPSA) is 38.9 Å². The molecule has 0 amide bonds. The molecule has 3 heteroatoms. The maximum absolute atomic E-state index is 6.04. The highest BCUT2D eigenvalue weighted by atomic mass is 79.9. The zero-order valence-electron chi connectivity index (χ0n) is 7.63. The molecule has 0 bridgehead atoms. The first-order valence-electron chi connectivity index (χ1n) is 4.56. The molecule has 2 nitrogen and oxygen atoms in total. The van der Waals surface area contributed by atoms with Crippen molar-refractivity contribution in [1.82, 2.24) is 4.98 Å². The minimum absolute atomic E-state index is 0.145. The van der Waals surface area contributed by atoms with E-state index in [2.05, 4.69) is 33.9 Å². The number of aryl methyl sites for hydroxylation is 1. The van der Waals surface area contributed by atoms with Crippen LogP contribution in [0.5, 0.6) is 0 Å². The number of pyridine rings is 1. The van der Waals surface area contributed by atoms with Crippen LogP contribution < -0.4 is 5.73 Å². The molecule has 0 aromatic carbocycles. The van der Waals surface area contributed by atoms with Crippen LogP contribution in [0.25, 0.3) is 0 Å². The van der Waals surface area contributed by atoms with Gasteiger partial charge < -0.3 is 5.73 Å². The van der Waals surface area contributed by atoms with Crippen LogP contribution in [-0.2, 0) is 0 Å². The van der Waals surface area contributed by atoms with E-state index in [0.29, 0.717) is 5.92 Å². The second kappa shape index (κ2) is 3.39. The molecule has 0 radical (unpaired) electrons. The average Bonchev–Trinajstić information content (AvgIpc) is 2.91. The van der Waals surface area contributed by atoms with Gasteiger partial charge in [0.15, 0.2) is 0 Å². The van der Waals surface area contributed by atoms with E-state index in [1.54, 1.807) is 0 Å².